The van der Waals surface area contributed by atoms with Crippen molar-refractivity contribution in [1.82, 2.24) is 0 Å². The van der Waals surface area contributed by atoms with Crippen molar-refractivity contribution in [2.45, 2.75) is 57.8 Å². The van der Waals surface area contributed by atoms with Crippen molar-refractivity contribution in [1.29, 1.82) is 0 Å². The molecule has 0 spiro atoms. The van der Waals surface area contributed by atoms with E-state index in [1.807, 2.05) is 0 Å². The predicted octanol–water partition coefficient (Wildman–Crippen LogP) is 4.26. The van der Waals surface area contributed by atoms with Gasteiger partial charge in [0.05, 0.1) is 0 Å². The maximum absolute atomic E-state index is 11.6. The fourth-order valence-corrected chi connectivity index (χ4v) is 2.56. The molecule has 0 bridgehead atoms. The van der Waals surface area contributed by atoms with Gasteiger partial charge in [0, 0.05) is 12.8 Å². The Hall–Kier alpha value is -1.11. The van der Waals surface area contributed by atoms with Crippen LogP contribution in [0.25, 0.3) is 0 Å². The summed E-state index contributed by atoms with van der Waals surface area (Å²) >= 11 is 0. The molecule has 1 aromatic carbocycles. The summed E-state index contributed by atoms with van der Waals surface area (Å²) in [5.41, 5.74) is 2.91. The Balaban J connectivity index is 1.97. The Kier molecular flexibility index (Phi) is 4.36. The van der Waals surface area contributed by atoms with Gasteiger partial charge in [-0.2, -0.15) is 0 Å². The van der Waals surface area contributed by atoms with Crippen LogP contribution in [0.2, 0.25) is 0 Å². The molecular weight excluding hydrogens is 208 g/mol. The molecule has 0 heterocycles. The highest BCUT2D eigenvalue weighted by atomic mass is 16.1. The molecule has 1 nitrogen and oxygen atoms in total. The first-order chi connectivity index (χ1) is 8.31. The van der Waals surface area contributed by atoms with Crippen molar-refractivity contribution in [2.75, 3.05) is 0 Å². The smallest absolute Gasteiger partial charge is 0.133 e. The first-order valence-electron chi connectivity index (χ1n) is 6.90. The minimum absolute atomic E-state index is 0.413. The lowest BCUT2D eigenvalue weighted by molar-refractivity contribution is -0.119. The third-order valence-electron chi connectivity index (χ3n) is 3.80. The minimum Gasteiger partial charge on any atom is -0.300 e. The molecule has 0 amide bonds. The molecule has 0 unspecified atom stereocenters. The molecule has 0 saturated heterocycles. The first kappa shape index (κ1) is 12.3. The maximum Gasteiger partial charge on any atom is 0.133 e. The summed E-state index contributed by atoms with van der Waals surface area (Å²) < 4.78 is 0. The molecule has 17 heavy (non-hydrogen) atoms. The minimum atomic E-state index is 0.413. The molecule has 1 aliphatic rings. The summed E-state index contributed by atoms with van der Waals surface area (Å²) in [5.74, 6) is 1.18. The van der Waals surface area contributed by atoms with Crippen molar-refractivity contribution in [3.63, 3.8) is 0 Å². The van der Waals surface area contributed by atoms with E-state index in [1.165, 1.54) is 30.4 Å². The highest BCUT2D eigenvalue weighted by Gasteiger charge is 2.21. The molecule has 0 atom stereocenters. The van der Waals surface area contributed by atoms with E-state index in [0.717, 1.165) is 31.6 Å². The molecule has 1 aromatic rings. The van der Waals surface area contributed by atoms with E-state index in [0.29, 0.717) is 5.78 Å². The molecule has 1 aliphatic carbocycles. The van der Waals surface area contributed by atoms with E-state index < -0.39 is 0 Å². The number of aryl methyl sites for hydroxylation is 1. The summed E-state index contributed by atoms with van der Waals surface area (Å²) in [5, 5.41) is 0. The SMILES string of the molecule is CCCC(=O)CCc1ccccc1C1CCC1. The Bertz CT molecular complexity index is 377. The zero-order chi connectivity index (χ0) is 12.1. The Morgan fingerprint density at radius 1 is 1.24 bits per heavy atom. The highest BCUT2D eigenvalue weighted by Crippen LogP contribution is 2.38. The van der Waals surface area contributed by atoms with Gasteiger partial charge in [-0.1, -0.05) is 37.6 Å². The van der Waals surface area contributed by atoms with Gasteiger partial charge in [-0.15, -0.1) is 0 Å². The zero-order valence-corrected chi connectivity index (χ0v) is 10.7. The Morgan fingerprint density at radius 2 is 2.00 bits per heavy atom. The van der Waals surface area contributed by atoms with Gasteiger partial charge in [-0.25, -0.2) is 0 Å². The number of carbonyl (C=O) groups excluding carboxylic acids is 1. The summed E-state index contributed by atoms with van der Waals surface area (Å²) in [6.45, 7) is 2.07. The van der Waals surface area contributed by atoms with E-state index in [9.17, 15) is 4.79 Å². The van der Waals surface area contributed by atoms with Gasteiger partial charge in [-0.3, -0.25) is 4.79 Å². The molecule has 2 rings (SSSR count). The summed E-state index contributed by atoms with van der Waals surface area (Å²) in [6, 6.07) is 8.68. The fourth-order valence-electron chi connectivity index (χ4n) is 2.56. The van der Waals surface area contributed by atoms with Gasteiger partial charge < -0.3 is 0 Å². The van der Waals surface area contributed by atoms with Crippen molar-refractivity contribution < 1.29 is 4.79 Å². The lowest BCUT2D eigenvalue weighted by atomic mass is 9.77. The third-order valence-corrected chi connectivity index (χ3v) is 3.80. The predicted molar refractivity (Wildman–Crippen MR) is 71.3 cm³/mol. The largest absolute Gasteiger partial charge is 0.300 e. The van der Waals surface area contributed by atoms with Crippen LogP contribution in [0.5, 0.6) is 0 Å². The molecule has 1 saturated carbocycles. The van der Waals surface area contributed by atoms with Crippen molar-refractivity contribution in [3.05, 3.63) is 35.4 Å². The number of Topliss-reactive ketones (excluding diaryl/α,β-unsaturated/α-hetero) is 1. The maximum atomic E-state index is 11.6. The van der Waals surface area contributed by atoms with Crippen LogP contribution in [0.1, 0.15) is 62.5 Å². The van der Waals surface area contributed by atoms with Crippen molar-refractivity contribution >= 4 is 5.78 Å². The van der Waals surface area contributed by atoms with E-state index in [-0.39, 0.29) is 0 Å². The van der Waals surface area contributed by atoms with Gasteiger partial charge >= 0.3 is 0 Å². The normalized spacial score (nSPS) is 15.6. The first-order valence-corrected chi connectivity index (χ1v) is 6.90. The third kappa shape index (κ3) is 3.18. The number of ketones is 1. The van der Waals surface area contributed by atoms with E-state index in [2.05, 4.69) is 31.2 Å². The van der Waals surface area contributed by atoms with Crippen LogP contribution in [-0.4, -0.2) is 5.78 Å². The van der Waals surface area contributed by atoms with Crippen LogP contribution in [-0.2, 0) is 11.2 Å². The molecule has 0 aromatic heterocycles. The quantitative estimate of drug-likeness (QED) is 0.713. The van der Waals surface area contributed by atoms with Gasteiger partial charge in [0.2, 0.25) is 0 Å². The van der Waals surface area contributed by atoms with Crippen LogP contribution in [0.3, 0.4) is 0 Å². The molecule has 1 heteroatoms. The molecule has 92 valence electrons. The standard InChI is InChI=1S/C16H22O/c1-2-6-15(17)12-11-14-7-3-4-10-16(14)13-8-5-9-13/h3-4,7,10,13H,2,5-6,8-9,11-12H2,1H3. The van der Waals surface area contributed by atoms with Gasteiger partial charge in [0.15, 0.2) is 0 Å². The average Bonchev–Trinajstić information content (AvgIpc) is 2.26. The number of hydrogen-bond donors (Lipinski definition) is 0. The highest BCUT2D eigenvalue weighted by molar-refractivity contribution is 5.78. The fraction of sp³-hybridized carbons (Fsp3) is 0.562. The monoisotopic (exact) mass is 230 g/mol. The zero-order valence-electron chi connectivity index (χ0n) is 10.7. The van der Waals surface area contributed by atoms with E-state index in [1.54, 1.807) is 0 Å². The lowest BCUT2D eigenvalue weighted by Gasteiger charge is -2.28. The molecular formula is C16H22O. The van der Waals surface area contributed by atoms with Crippen LogP contribution in [0.15, 0.2) is 24.3 Å². The number of carbonyl (C=O) groups is 1. The van der Waals surface area contributed by atoms with E-state index in [4.69, 9.17) is 0 Å². The van der Waals surface area contributed by atoms with Gasteiger partial charge in [0.1, 0.15) is 5.78 Å². The average molecular weight is 230 g/mol. The van der Waals surface area contributed by atoms with Gasteiger partial charge in [0.25, 0.3) is 0 Å². The second-order valence-electron chi connectivity index (χ2n) is 5.12. The molecule has 1 fully saturated rings. The molecule has 0 aliphatic heterocycles. The number of benzene rings is 1. The Morgan fingerprint density at radius 3 is 2.65 bits per heavy atom. The summed E-state index contributed by atoms with van der Waals surface area (Å²) in [7, 11) is 0. The summed E-state index contributed by atoms with van der Waals surface area (Å²) in [6.07, 6.45) is 7.41. The van der Waals surface area contributed by atoms with Crippen LogP contribution in [0, 0.1) is 0 Å². The van der Waals surface area contributed by atoms with Crippen LogP contribution < -0.4 is 0 Å². The summed E-state index contributed by atoms with van der Waals surface area (Å²) in [4.78, 5) is 11.6. The lowest BCUT2D eigenvalue weighted by Crippen LogP contribution is -2.11. The van der Waals surface area contributed by atoms with Crippen LogP contribution >= 0.6 is 0 Å². The second-order valence-corrected chi connectivity index (χ2v) is 5.12. The van der Waals surface area contributed by atoms with Crippen molar-refractivity contribution in [3.8, 4) is 0 Å². The van der Waals surface area contributed by atoms with Crippen molar-refractivity contribution in [2.24, 2.45) is 0 Å². The van der Waals surface area contributed by atoms with E-state index >= 15 is 0 Å². The van der Waals surface area contributed by atoms with Gasteiger partial charge in [-0.05, 0) is 42.7 Å². The topological polar surface area (TPSA) is 17.1 Å². The Labute approximate surface area is 104 Å². The molecule has 0 radical (unpaired) electrons. The molecule has 0 N–H and O–H groups in total. The number of rotatable bonds is 6. The number of hydrogen-bond acceptors (Lipinski definition) is 1. The second kappa shape index (κ2) is 6.00. The van der Waals surface area contributed by atoms with Crippen LogP contribution in [0.4, 0.5) is 0 Å².